The van der Waals surface area contributed by atoms with Gasteiger partial charge in [0.05, 0.1) is 0 Å². The highest BCUT2D eigenvalue weighted by molar-refractivity contribution is 6.32. The van der Waals surface area contributed by atoms with E-state index in [9.17, 15) is 0 Å². The highest BCUT2D eigenvalue weighted by Crippen LogP contribution is 2.62. The van der Waals surface area contributed by atoms with Crippen molar-refractivity contribution < 1.29 is 0 Å². The lowest BCUT2D eigenvalue weighted by atomic mass is 9.54. The number of rotatable bonds is 7. The van der Waals surface area contributed by atoms with Crippen LogP contribution < -0.4 is 4.90 Å². The maximum absolute atomic E-state index is 7.39. The van der Waals surface area contributed by atoms with Crippen molar-refractivity contribution in [2.45, 2.75) is 57.3 Å². The minimum atomic E-state index is -0.226. The molecule has 1 nitrogen and oxygen atoms in total. The third-order valence-electron chi connectivity index (χ3n) is 14.8. The van der Waals surface area contributed by atoms with Gasteiger partial charge in [-0.05, 0) is 154 Å². The molecule has 0 heterocycles. The fourth-order valence-electron chi connectivity index (χ4n) is 11.6. The Bertz CT molecular complexity index is 2800. The summed E-state index contributed by atoms with van der Waals surface area (Å²) in [6, 6.07) is 62.1. The molecule has 1 fully saturated rings. The molecule has 0 N–H and O–H groups in total. The topological polar surface area (TPSA) is 3.24 Å². The van der Waals surface area contributed by atoms with Crippen molar-refractivity contribution >= 4 is 34.2 Å². The first kappa shape index (κ1) is 38.7. The number of nitrogens with zero attached hydrogens (tertiary/aromatic N) is 1. The molecular weight excluding hydrogens is 770 g/mol. The van der Waals surface area contributed by atoms with Gasteiger partial charge in [0.15, 0.2) is 0 Å². The van der Waals surface area contributed by atoms with Crippen LogP contribution in [0.25, 0.3) is 39.0 Å². The molecule has 0 saturated heterocycles. The molecule has 5 unspecified atom stereocenters. The molecule has 1 spiro atoms. The summed E-state index contributed by atoms with van der Waals surface area (Å²) in [6.45, 7) is 7.23. The van der Waals surface area contributed by atoms with Gasteiger partial charge in [0.2, 0.25) is 0 Å². The monoisotopic (exact) mass is 821 g/mol. The molecule has 7 aromatic carbocycles. The zero-order valence-corrected chi connectivity index (χ0v) is 36.6. The second-order valence-corrected chi connectivity index (χ2v) is 19.1. The van der Waals surface area contributed by atoms with E-state index < -0.39 is 0 Å². The molecule has 4 aliphatic rings. The van der Waals surface area contributed by atoms with Crippen LogP contribution in [0.1, 0.15) is 68.7 Å². The predicted molar refractivity (Wildman–Crippen MR) is 263 cm³/mol. The molecule has 0 aliphatic heterocycles. The van der Waals surface area contributed by atoms with Gasteiger partial charge >= 0.3 is 0 Å². The molecule has 304 valence electrons. The number of hydrogen-bond donors (Lipinski definition) is 0. The van der Waals surface area contributed by atoms with Gasteiger partial charge in [-0.3, -0.25) is 0 Å². The Kier molecular flexibility index (Phi) is 9.58. The summed E-state index contributed by atoms with van der Waals surface area (Å²) in [4.78, 5) is 2.35. The molecule has 7 aromatic rings. The Morgan fingerprint density at radius 3 is 1.68 bits per heavy atom. The van der Waals surface area contributed by atoms with Gasteiger partial charge in [0.25, 0.3) is 0 Å². The maximum Gasteiger partial charge on any atom is 0.0462 e. The Morgan fingerprint density at radius 2 is 1.10 bits per heavy atom. The molecule has 2 heteroatoms. The van der Waals surface area contributed by atoms with Gasteiger partial charge in [-0.2, -0.15) is 0 Å². The molecule has 1 saturated carbocycles. The SMILES string of the molecule is CC1=CC2(c3ccccc3-c3cc(Cl)c(C4(C)C=CC(c5ccc(N(c6ccc(-c7ccccc7)cc6)c6ccc(-c7ccccc7)cc6)cc5)=CC4)cc32)C2CC(C)CC1C2. The molecular formula is C60H52ClN. The van der Waals surface area contributed by atoms with Gasteiger partial charge in [-0.15, -0.1) is 0 Å². The zero-order chi connectivity index (χ0) is 42.0. The number of fused-ring (bicyclic) bond motifs is 8. The zero-order valence-electron chi connectivity index (χ0n) is 35.9. The van der Waals surface area contributed by atoms with Crippen LogP contribution in [0.4, 0.5) is 17.1 Å². The highest BCUT2D eigenvalue weighted by Gasteiger charge is 2.52. The third-order valence-corrected chi connectivity index (χ3v) is 15.1. The normalized spacial score (nSPS) is 23.3. The van der Waals surface area contributed by atoms with Crippen molar-refractivity contribution in [1.29, 1.82) is 0 Å². The largest absolute Gasteiger partial charge is 0.311 e. The van der Waals surface area contributed by atoms with Gasteiger partial charge in [0.1, 0.15) is 0 Å². The lowest BCUT2D eigenvalue weighted by Gasteiger charge is -2.49. The number of benzene rings is 7. The summed E-state index contributed by atoms with van der Waals surface area (Å²) in [6.07, 6.45) is 14.6. The molecule has 2 bridgehead atoms. The van der Waals surface area contributed by atoms with Crippen LogP contribution in [0.3, 0.4) is 0 Å². The van der Waals surface area contributed by atoms with E-state index >= 15 is 0 Å². The number of allylic oxidation sites excluding steroid dienone is 6. The summed E-state index contributed by atoms with van der Waals surface area (Å²) in [5, 5.41) is 0.865. The molecule has 0 aromatic heterocycles. The summed E-state index contributed by atoms with van der Waals surface area (Å²) < 4.78 is 0. The number of halogens is 1. The van der Waals surface area contributed by atoms with E-state index in [1.54, 1.807) is 5.57 Å². The van der Waals surface area contributed by atoms with E-state index in [0.717, 1.165) is 34.4 Å². The molecule has 0 radical (unpaired) electrons. The first-order valence-electron chi connectivity index (χ1n) is 22.5. The summed E-state index contributed by atoms with van der Waals surface area (Å²) in [5.74, 6) is 2.04. The van der Waals surface area contributed by atoms with Gasteiger partial charge in [0, 0.05) is 32.9 Å². The predicted octanol–water partition coefficient (Wildman–Crippen LogP) is 16.7. The van der Waals surface area contributed by atoms with E-state index in [1.165, 1.54) is 80.5 Å². The van der Waals surface area contributed by atoms with Gasteiger partial charge < -0.3 is 4.90 Å². The van der Waals surface area contributed by atoms with Crippen molar-refractivity contribution in [2.24, 2.45) is 17.8 Å². The van der Waals surface area contributed by atoms with Crippen LogP contribution in [0, 0.1) is 17.8 Å². The molecule has 4 aliphatic carbocycles. The summed E-state index contributed by atoms with van der Waals surface area (Å²) in [5.41, 5.74) is 18.7. The second kappa shape index (κ2) is 15.3. The van der Waals surface area contributed by atoms with Crippen molar-refractivity contribution in [3.05, 3.63) is 227 Å². The van der Waals surface area contributed by atoms with Gasteiger partial charge in [-0.25, -0.2) is 0 Å². The maximum atomic E-state index is 7.39. The van der Waals surface area contributed by atoms with E-state index in [0.29, 0.717) is 11.8 Å². The van der Waals surface area contributed by atoms with Crippen LogP contribution in [0.5, 0.6) is 0 Å². The molecule has 0 amide bonds. The second-order valence-electron chi connectivity index (χ2n) is 18.7. The number of anilines is 3. The first-order chi connectivity index (χ1) is 30.3. The Labute approximate surface area is 372 Å². The molecule has 5 atom stereocenters. The van der Waals surface area contributed by atoms with E-state index in [-0.39, 0.29) is 10.8 Å². The lowest BCUT2D eigenvalue weighted by molar-refractivity contribution is 0.168. The van der Waals surface area contributed by atoms with Gasteiger partial charge in [-0.1, -0.05) is 183 Å². The minimum Gasteiger partial charge on any atom is -0.311 e. The smallest absolute Gasteiger partial charge is 0.0462 e. The summed E-state index contributed by atoms with van der Waals surface area (Å²) >= 11 is 7.39. The van der Waals surface area contributed by atoms with E-state index in [4.69, 9.17) is 11.6 Å². The van der Waals surface area contributed by atoms with E-state index in [2.05, 4.69) is 220 Å². The van der Waals surface area contributed by atoms with Crippen molar-refractivity contribution in [3.8, 4) is 33.4 Å². The van der Waals surface area contributed by atoms with Crippen molar-refractivity contribution in [3.63, 3.8) is 0 Å². The fourth-order valence-corrected chi connectivity index (χ4v) is 12.0. The average molecular weight is 823 g/mol. The van der Waals surface area contributed by atoms with Crippen molar-refractivity contribution in [2.75, 3.05) is 4.90 Å². The first-order valence-corrected chi connectivity index (χ1v) is 22.9. The van der Waals surface area contributed by atoms with E-state index in [1.807, 2.05) is 0 Å². The highest BCUT2D eigenvalue weighted by atomic mass is 35.5. The van der Waals surface area contributed by atoms with Crippen LogP contribution in [-0.2, 0) is 10.8 Å². The number of hydrogen-bond acceptors (Lipinski definition) is 1. The van der Waals surface area contributed by atoms with Crippen LogP contribution in [-0.4, -0.2) is 0 Å². The van der Waals surface area contributed by atoms with Crippen LogP contribution in [0.15, 0.2) is 200 Å². The Hall–Kier alpha value is -6.15. The fraction of sp³-hybridized carbons (Fsp3) is 0.200. The van der Waals surface area contributed by atoms with Crippen LogP contribution >= 0.6 is 11.6 Å². The minimum absolute atomic E-state index is 0.0975. The quantitative estimate of drug-likeness (QED) is 0.145. The average Bonchev–Trinajstić information content (AvgIpc) is 3.58. The Morgan fingerprint density at radius 1 is 0.548 bits per heavy atom. The standard InChI is InChI=1S/C60H52ClN/c1-40-34-48-36-49(35-40)60(39-41(48)2)55-17-11-10-16-53(55)54-37-58(61)57(38-56(54)60)59(3)32-30-47(31-33-59)46-22-28-52(29-23-46)62(50-24-18-44(19-25-50)42-12-6-4-7-13-42)51-26-20-45(21-27-51)43-14-8-5-9-15-43/h4-32,37-40,48-49H,33-36H2,1-3H3. The van der Waals surface area contributed by atoms with Crippen molar-refractivity contribution in [1.82, 2.24) is 0 Å². The Balaban J connectivity index is 0.903. The molecule has 11 rings (SSSR count). The third kappa shape index (κ3) is 6.52. The molecule has 62 heavy (non-hydrogen) atoms. The van der Waals surface area contributed by atoms with Crippen LogP contribution in [0.2, 0.25) is 5.02 Å². The lowest BCUT2D eigenvalue weighted by Crippen LogP contribution is -2.42. The summed E-state index contributed by atoms with van der Waals surface area (Å²) in [7, 11) is 0.